The van der Waals surface area contributed by atoms with Crippen LogP contribution in [-0.2, 0) is 37.1 Å². The van der Waals surface area contributed by atoms with Crippen LogP contribution in [0.1, 0.15) is 42.2 Å². The predicted octanol–water partition coefficient (Wildman–Crippen LogP) is 3.82. The van der Waals surface area contributed by atoms with Crippen molar-refractivity contribution in [3.8, 4) is 5.75 Å². The fourth-order valence-corrected chi connectivity index (χ4v) is 4.68. The Balaban J connectivity index is 1.21. The van der Waals surface area contributed by atoms with Crippen molar-refractivity contribution in [2.24, 2.45) is 11.8 Å². The van der Waals surface area contributed by atoms with E-state index in [0.717, 1.165) is 5.56 Å². The highest BCUT2D eigenvalue weighted by molar-refractivity contribution is 6.05. The third-order valence-corrected chi connectivity index (χ3v) is 6.42. The summed E-state index contributed by atoms with van der Waals surface area (Å²) in [5.74, 6) is -1.76. The molecule has 2 aromatic carbocycles. The van der Waals surface area contributed by atoms with Gasteiger partial charge in [-0.05, 0) is 25.0 Å². The van der Waals surface area contributed by atoms with Crippen molar-refractivity contribution in [3.63, 3.8) is 0 Å². The molecule has 2 amide bonds. The lowest BCUT2D eigenvalue weighted by Gasteiger charge is -2.28. The average molecular weight is 465 g/mol. The molecule has 0 aromatic heterocycles. The Kier molecular flexibility index (Phi) is 6.15. The van der Waals surface area contributed by atoms with Crippen molar-refractivity contribution in [1.82, 2.24) is 4.90 Å². The van der Waals surface area contributed by atoms with Crippen LogP contribution < -0.4 is 4.74 Å². The lowest BCUT2D eigenvalue weighted by Crippen LogP contribution is -2.33. The molecule has 8 heteroatoms. The minimum Gasteiger partial charge on any atom is -0.461 e. The Labute approximate surface area is 196 Å². The molecule has 0 unspecified atom stereocenters. The molecule has 0 N–H and O–H groups in total. The van der Waals surface area contributed by atoms with Gasteiger partial charge in [-0.15, -0.1) is 0 Å². The first kappa shape index (κ1) is 22.3. The second-order valence-electron chi connectivity index (χ2n) is 8.62. The van der Waals surface area contributed by atoms with Crippen LogP contribution in [0.25, 0.3) is 0 Å². The summed E-state index contributed by atoms with van der Waals surface area (Å²) in [5, 5.41) is 0. The maximum absolute atomic E-state index is 14.1. The Morgan fingerprint density at radius 3 is 2.47 bits per heavy atom. The molecule has 2 aliphatic heterocycles. The molecule has 0 bridgehead atoms. The van der Waals surface area contributed by atoms with Crippen molar-refractivity contribution in [3.05, 3.63) is 77.1 Å². The first-order valence-corrected chi connectivity index (χ1v) is 11.3. The van der Waals surface area contributed by atoms with E-state index in [4.69, 9.17) is 14.2 Å². The molecule has 1 fully saturated rings. The summed E-state index contributed by atoms with van der Waals surface area (Å²) in [7, 11) is 0. The summed E-state index contributed by atoms with van der Waals surface area (Å²) in [4.78, 5) is 38.6. The number of esters is 1. The summed E-state index contributed by atoms with van der Waals surface area (Å²) in [6.07, 6.45) is 4.15. The second kappa shape index (κ2) is 9.38. The number of nitrogens with zero attached hydrogens (tertiary/aromatic N) is 1. The topological polar surface area (TPSA) is 82.1 Å². The summed E-state index contributed by atoms with van der Waals surface area (Å²) >= 11 is 0. The van der Waals surface area contributed by atoms with Crippen LogP contribution in [0.5, 0.6) is 5.75 Å². The van der Waals surface area contributed by atoms with E-state index in [1.165, 1.54) is 17.0 Å². The van der Waals surface area contributed by atoms with E-state index in [1.807, 2.05) is 42.5 Å². The van der Waals surface area contributed by atoms with E-state index in [2.05, 4.69) is 0 Å². The molecule has 0 spiro atoms. The SMILES string of the molecule is O=C(CCN1C(=O)[C@H]2CC=CC[C@H]2C1=O)OCc1cc(F)cc2c1O[C@@H](c1ccccc1)OC2. The normalized spacial score (nSPS) is 23.3. The summed E-state index contributed by atoms with van der Waals surface area (Å²) in [6.45, 7) is -0.0628. The van der Waals surface area contributed by atoms with E-state index < -0.39 is 18.1 Å². The number of imide groups is 1. The highest BCUT2D eigenvalue weighted by Crippen LogP contribution is 2.37. The number of rotatable bonds is 6. The van der Waals surface area contributed by atoms with Gasteiger partial charge in [-0.2, -0.15) is 0 Å². The van der Waals surface area contributed by atoms with Crippen LogP contribution in [0.3, 0.4) is 0 Å². The first-order chi connectivity index (χ1) is 16.5. The van der Waals surface area contributed by atoms with Gasteiger partial charge in [0.25, 0.3) is 0 Å². The lowest BCUT2D eigenvalue weighted by atomic mass is 9.85. The number of allylic oxidation sites excluding steroid dienone is 2. The van der Waals surface area contributed by atoms with Gasteiger partial charge >= 0.3 is 5.97 Å². The van der Waals surface area contributed by atoms with Crippen molar-refractivity contribution < 1.29 is 33.0 Å². The predicted molar refractivity (Wildman–Crippen MR) is 117 cm³/mol. The van der Waals surface area contributed by atoms with Gasteiger partial charge in [0.15, 0.2) is 0 Å². The summed E-state index contributed by atoms with van der Waals surface area (Å²) in [6, 6.07) is 12.0. The molecule has 1 saturated heterocycles. The quantitative estimate of drug-likeness (QED) is 0.367. The van der Waals surface area contributed by atoms with Gasteiger partial charge in [0.05, 0.1) is 24.9 Å². The third kappa shape index (κ3) is 4.33. The number of halogens is 1. The van der Waals surface area contributed by atoms with Gasteiger partial charge in [-0.25, -0.2) is 4.39 Å². The molecule has 2 aromatic rings. The minimum atomic E-state index is -0.654. The number of benzene rings is 2. The van der Waals surface area contributed by atoms with Crippen molar-refractivity contribution >= 4 is 17.8 Å². The van der Waals surface area contributed by atoms with E-state index in [1.54, 1.807) is 0 Å². The molecule has 2 heterocycles. The molecule has 0 saturated carbocycles. The molecule has 5 rings (SSSR count). The number of fused-ring (bicyclic) bond motifs is 2. The van der Waals surface area contributed by atoms with Crippen molar-refractivity contribution in [2.45, 2.75) is 38.8 Å². The van der Waals surface area contributed by atoms with Crippen LogP contribution >= 0.6 is 0 Å². The van der Waals surface area contributed by atoms with E-state index in [0.29, 0.717) is 29.7 Å². The highest BCUT2D eigenvalue weighted by Gasteiger charge is 2.47. The van der Waals surface area contributed by atoms with Crippen LogP contribution in [0.15, 0.2) is 54.6 Å². The van der Waals surface area contributed by atoms with E-state index in [9.17, 15) is 18.8 Å². The standard InChI is InChI=1S/C26H24FNO6/c27-19-12-17(23-18(13-19)15-33-26(34-23)16-6-2-1-3-7-16)14-32-22(29)10-11-28-24(30)20-8-4-5-9-21(20)25(28)31/h1-7,12-13,20-21,26H,8-11,14-15H2/t20-,21+,26-/m0/s1. The molecule has 1 aliphatic carbocycles. The number of hydrogen-bond donors (Lipinski definition) is 0. The largest absolute Gasteiger partial charge is 0.461 e. The van der Waals surface area contributed by atoms with Crippen molar-refractivity contribution in [1.29, 1.82) is 0 Å². The van der Waals surface area contributed by atoms with Crippen molar-refractivity contribution in [2.75, 3.05) is 6.54 Å². The Morgan fingerprint density at radius 1 is 1.06 bits per heavy atom. The molecule has 34 heavy (non-hydrogen) atoms. The van der Waals surface area contributed by atoms with Gasteiger partial charge in [0.2, 0.25) is 18.1 Å². The molecule has 3 aliphatic rings. The number of amides is 2. The Morgan fingerprint density at radius 2 is 1.76 bits per heavy atom. The van der Waals surface area contributed by atoms with Crippen LogP contribution in [0.2, 0.25) is 0 Å². The molecule has 176 valence electrons. The number of ether oxygens (including phenoxy) is 3. The number of hydrogen-bond acceptors (Lipinski definition) is 6. The van der Waals surface area contributed by atoms with Gasteiger partial charge in [-0.1, -0.05) is 42.5 Å². The molecule has 3 atom stereocenters. The lowest BCUT2D eigenvalue weighted by molar-refractivity contribution is -0.147. The summed E-state index contributed by atoms with van der Waals surface area (Å²) < 4.78 is 31.2. The maximum Gasteiger partial charge on any atom is 0.307 e. The zero-order valence-electron chi connectivity index (χ0n) is 18.4. The fraction of sp³-hybridized carbons (Fsp3) is 0.346. The van der Waals surface area contributed by atoms with E-state index >= 15 is 0 Å². The van der Waals surface area contributed by atoms with E-state index in [-0.39, 0.29) is 49.8 Å². The summed E-state index contributed by atoms with van der Waals surface area (Å²) in [5.41, 5.74) is 1.73. The zero-order valence-corrected chi connectivity index (χ0v) is 18.4. The Bertz CT molecular complexity index is 1120. The third-order valence-electron chi connectivity index (χ3n) is 6.42. The number of likely N-dealkylation sites (tertiary alicyclic amines) is 1. The number of carbonyl (C=O) groups excluding carboxylic acids is 3. The molecular formula is C26H24FNO6. The maximum atomic E-state index is 14.1. The van der Waals surface area contributed by atoms with Gasteiger partial charge in [0, 0.05) is 23.2 Å². The van der Waals surface area contributed by atoms with Gasteiger partial charge in [-0.3, -0.25) is 19.3 Å². The monoisotopic (exact) mass is 465 g/mol. The highest BCUT2D eigenvalue weighted by atomic mass is 19.1. The van der Waals surface area contributed by atoms with Gasteiger partial charge in [0.1, 0.15) is 18.2 Å². The zero-order chi connectivity index (χ0) is 23.7. The van der Waals surface area contributed by atoms with Crippen LogP contribution in [0, 0.1) is 17.7 Å². The number of carbonyl (C=O) groups is 3. The van der Waals surface area contributed by atoms with Crippen LogP contribution in [-0.4, -0.2) is 29.2 Å². The van der Waals surface area contributed by atoms with Crippen LogP contribution in [0.4, 0.5) is 4.39 Å². The first-order valence-electron chi connectivity index (χ1n) is 11.3. The van der Waals surface area contributed by atoms with Gasteiger partial charge < -0.3 is 14.2 Å². The molecular weight excluding hydrogens is 441 g/mol. The molecule has 7 nitrogen and oxygen atoms in total. The second-order valence-corrected chi connectivity index (χ2v) is 8.62. The molecule has 0 radical (unpaired) electrons. The smallest absolute Gasteiger partial charge is 0.307 e. The minimum absolute atomic E-state index is 0.0226. The Hall–Kier alpha value is -3.52. The average Bonchev–Trinajstić information content (AvgIpc) is 3.11. The fourth-order valence-electron chi connectivity index (χ4n) is 4.68.